The molecule has 0 spiro atoms. The van der Waals surface area contributed by atoms with Gasteiger partial charge in [-0.25, -0.2) is 18.1 Å². The molecule has 1 aliphatic carbocycles. The molecule has 0 radical (unpaired) electrons. The van der Waals surface area contributed by atoms with E-state index in [-0.39, 0.29) is 54.1 Å². The van der Waals surface area contributed by atoms with E-state index in [1.807, 2.05) is 13.8 Å². The van der Waals surface area contributed by atoms with Gasteiger partial charge >= 0.3 is 0 Å². The van der Waals surface area contributed by atoms with Crippen LogP contribution in [0.25, 0.3) is 0 Å². The van der Waals surface area contributed by atoms with Crippen LogP contribution >= 0.6 is 24.8 Å². The second-order valence-corrected chi connectivity index (χ2v) is 11.6. The Hall–Kier alpha value is -1.33. The molecule has 1 heterocycles. The van der Waals surface area contributed by atoms with Crippen LogP contribution in [0.3, 0.4) is 0 Å². The van der Waals surface area contributed by atoms with E-state index in [4.69, 9.17) is 5.14 Å². The Labute approximate surface area is 200 Å². The fraction of sp³-hybridized carbons (Fsp3) is 0.500. The minimum absolute atomic E-state index is 0. The maximum atomic E-state index is 14.3. The molecule has 1 fully saturated rings. The molecule has 10 heteroatoms. The highest BCUT2D eigenvalue weighted by Crippen LogP contribution is 2.44. The number of amides is 1. The first kappa shape index (κ1) is 28.7. The summed E-state index contributed by atoms with van der Waals surface area (Å²) in [5, 5.41) is 15.8. The maximum Gasteiger partial charge on any atom is 0.259 e. The number of benzene rings is 1. The molecule has 0 saturated heterocycles. The van der Waals surface area contributed by atoms with Crippen molar-refractivity contribution in [3.8, 4) is 0 Å². The van der Waals surface area contributed by atoms with Gasteiger partial charge in [0.2, 0.25) is 0 Å². The second-order valence-electron chi connectivity index (χ2n) is 8.53. The Balaban J connectivity index is 0.00000256. The molecule has 1 saturated carbocycles. The molecule has 180 valence electrons. The van der Waals surface area contributed by atoms with Crippen molar-refractivity contribution < 1.29 is 22.9 Å². The summed E-state index contributed by atoms with van der Waals surface area (Å²) < 4.78 is 44.6. The molecule has 0 aliphatic heterocycles. The Morgan fingerprint density at radius 2 is 1.91 bits per heavy atom. The number of hydrogen-bond acceptors (Lipinski definition) is 4. The van der Waals surface area contributed by atoms with E-state index in [0.717, 1.165) is 35.8 Å². The van der Waals surface area contributed by atoms with Gasteiger partial charge in [0, 0.05) is 4.88 Å². The summed E-state index contributed by atoms with van der Waals surface area (Å²) in [7, 11) is -3.82. The SMILES string of the molecule is C.CC(C)c1cc(F)cc(C2CC2)c1CC(=O)N=S(N)(=O)c1sc(C(C)(C)O)cc1F.S. The molecule has 0 bridgehead atoms. The van der Waals surface area contributed by atoms with E-state index in [1.165, 1.54) is 26.0 Å². The summed E-state index contributed by atoms with van der Waals surface area (Å²) in [6.45, 7) is 6.73. The van der Waals surface area contributed by atoms with Crippen molar-refractivity contribution in [2.24, 2.45) is 9.50 Å². The zero-order valence-electron chi connectivity index (χ0n) is 17.9. The van der Waals surface area contributed by atoms with E-state index >= 15 is 0 Å². The second kappa shape index (κ2) is 10.3. The van der Waals surface area contributed by atoms with Gasteiger partial charge in [-0.05, 0) is 73.4 Å². The van der Waals surface area contributed by atoms with Crippen LogP contribution < -0.4 is 5.14 Å². The van der Waals surface area contributed by atoms with E-state index in [0.29, 0.717) is 11.1 Å². The standard InChI is InChI=1S/C21H26F2N2O3S2.CH4.H2S/c1-11(2)14-7-13(22)8-15(12-5-6-12)16(14)9-19(26)25-30(24,28)20-17(23)10-18(29-20)21(3,4)27;;/h7-8,10-12,27H,5-6,9H2,1-4H3,(H2,24,25,26,28);1H4;1H2. The zero-order chi connectivity index (χ0) is 22.4. The predicted octanol–water partition coefficient (Wildman–Crippen LogP) is 5.47. The van der Waals surface area contributed by atoms with Gasteiger partial charge in [-0.1, -0.05) is 21.3 Å². The molecule has 32 heavy (non-hydrogen) atoms. The predicted molar refractivity (Wildman–Crippen MR) is 131 cm³/mol. The molecule has 3 N–H and O–H groups in total. The molecule has 1 atom stereocenters. The van der Waals surface area contributed by atoms with Gasteiger partial charge in [-0.15, -0.1) is 15.7 Å². The van der Waals surface area contributed by atoms with Crippen molar-refractivity contribution in [2.75, 3.05) is 0 Å². The van der Waals surface area contributed by atoms with Crippen LogP contribution in [-0.2, 0) is 26.7 Å². The van der Waals surface area contributed by atoms with Crippen LogP contribution in [0.15, 0.2) is 26.8 Å². The quantitative estimate of drug-likeness (QED) is 0.544. The molecule has 1 amide bonds. The fourth-order valence-corrected chi connectivity index (χ4v) is 5.80. The van der Waals surface area contributed by atoms with Crippen LogP contribution in [0.4, 0.5) is 8.78 Å². The summed E-state index contributed by atoms with van der Waals surface area (Å²) in [6.07, 6.45) is 1.67. The monoisotopic (exact) mass is 506 g/mol. The smallest absolute Gasteiger partial charge is 0.259 e. The van der Waals surface area contributed by atoms with Crippen molar-refractivity contribution in [1.82, 2.24) is 0 Å². The third-order valence-electron chi connectivity index (χ3n) is 5.01. The Morgan fingerprint density at radius 3 is 2.38 bits per heavy atom. The molecule has 1 aliphatic rings. The van der Waals surface area contributed by atoms with E-state index in [9.17, 15) is 22.9 Å². The molecular weight excluding hydrogens is 474 g/mol. The minimum Gasteiger partial charge on any atom is -0.385 e. The Bertz CT molecular complexity index is 1090. The highest BCUT2D eigenvalue weighted by atomic mass is 32.2. The molecule has 3 rings (SSSR count). The van der Waals surface area contributed by atoms with Gasteiger partial charge < -0.3 is 5.11 Å². The van der Waals surface area contributed by atoms with Crippen molar-refractivity contribution in [3.05, 3.63) is 51.4 Å². The number of aliphatic hydroxyl groups is 1. The maximum absolute atomic E-state index is 14.3. The van der Waals surface area contributed by atoms with Crippen molar-refractivity contribution in [2.45, 2.75) is 76.0 Å². The third-order valence-corrected chi connectivity index (χ3v) is 8.40. The highest BCUT2D eigenvalue weighted by molar-refractivity contribution is 7.93. The number of carbonyl (C=O) groups is 1. The van der Waals surface area contributed by atoms with Crippen LogP contribution in [0.5, 0.6) is 0 Å². The Kier molecular flexibility index (Phi) is 9.23. The molecule has 1 aromatic carbocycles. The van der Waals surface area contributed by atoms with Crippen molar-refractivity contribution in [1.29, 1.82) is 0 Å². The summed E-state index contributed by atoms with van der Waals surface area (Å²) in [4.78, 5) is 12.9. The lowest BCUT2D eigenvalue weighted by molar-refractivity contribution is -0.117. The van der Waals surface area contributed by atoms with Gasteiger partial charge in [0.1, 0.15) is 5.82 Å². The van der Waals surface area contributed by atoms with Gasteiger partial charge in [-0.3, -0.25) is 4.79 Å². The first-order chi connectivity index (χ1) is 13.8. The first-order valence-corrected chi connectivity index (χ1v) is 12.1. The number of halogens is 2. The molecular formula is C22H32F2N2O3S3. The largest absolute Gasteiger partial charge is 0.385 e. The normalized spacial score (nSPS) is 15.5. The summed E-state index contributed by atoms with van der Waals surface area (Å²) >= 11 is 0.729. The number of carbonyl (C=O) groups excluding carboxylic acids is 1. The van der Waals surface area contributed by atoms with Gasteiger partial charge in [-0.2, -0.15) is 13.5 Å². The lowest BCUT2D eigenvalue weighted by atomic mass is 9.89. The van der Waals surface area contributed by atoms with E-state index < -0.39 is 27.2 Å². The molecule has 2 aromatic rings. The van der Waals surface area contributed by atoms with Gasteiger partial charge in [0.25, 0.3) is 5.91 Å². The topological polar surface area (TPSA) is 92.8 Å². The van der Waals surface area contributed by atoms with Gasteiger partial charge in [0.15, 0.2) is 19.9 Å². The number of nitrogens with zero attached hydrogens (tertiary/aromatic N) is 1. The number of nitrogens with two attached hydrogens (primary N) is 1. The highest BCUT2D eigenvalue weighted by Gasteiger charge is 2.30. The van der Waals surface area contributed by atoms with Crippen LogP contribution in [-0.4, -0.2) is 15.2 Å². The molecule has 1 aromatic heterocycles. The minimum atomic E-state index is -3.82. The number of hydrogen-bond donors (Lipinski definition) is 2. The fourth-order valence-electron chi connectivity index (χ4n) is 3.39. The average molecular weight is 507 g/mol. The van der Waals surface area contributed by atoms with Crippen LogP contribution in [0, 0.1) is 11.6 Å². The average Bonchev–Trinajstić information content (AvgIpc) is 3.35. The van der Waals surface area contributed by atoms with Crippen LogP contribution in [0.2, 0.25) is 0 Å². The Morgan fingerprint density at radius 1 is 1.31 bits per heavy atom. The summed E-state index contributed by atoms with van der Waals surface area (Å²) in [5.41, 5.74) is 0.817. The first-order valence-electron chi connectivity index (χ1n) is 9.71. The number of thiophene rings is 1. The third kappa shape index (κ3) is 6.38. The van der Waals surface area contributed by atoms with E-state index in [2.05, 4.69) is 4.36 Å². The van der Waals surface area contributed by atoms with Gasteiger partial charge in [0.05, 0.1) is 12.0 Å². The summed E-state index contributed by atoms with van der Waals surface area (Å²) in [6, 6.07) is 3.91. The summed E-state index contributed by atoms with van der Waals surface area (Å²) in [5.74, 6) is -1.80. The molecule has 5 nitrogen and oxygen atoms in total. The van der Waals surface area contributed by atoms with Crippen LogP contribution in [0.1, 0.15) is 81.4 Å². The lowest BCUT2D eigenvalue weighted by Crippen LogP contribution is -2.17. The zero-order valence-corrected chi connectivity index (χ0v) is 20.5. The lowest BCUT2D eigenvalue weighted by Gasteiger charge is -2.17. The number of rotatable bonds is 6. The molecule has 1 unspecified atom stereocenters. The van der Waals surface area contributed by atoms with Crippen molar-refractivity contribution >= 4 is 40.7 Å². The van der Waals surface area contributed by atoms with Crippen molar-refractivity contribution in [3.63, 3.8) is 0 Å². The van der Waals surface area contributed by atoms with E-state index in [1.54, 1.807) is 0 Å².